The van der Waals surface area contributed by atoms with Gasteiger partial charge in [-0.2, -0.15) is 8.99 Å². The Kier molecular flexibility index (Phi) is 5.92. The van der Waals surface area contributed by atoms with Crippen molar-refractivity contribution < 1.29 is 12.8 Å². The molecule has 10 heteroatoms. The molecule has 4 rings (SSSR count). The van der Waals surface area contributed by atoms with E-state index in [1.807, 2.05) is 34.5 Å². The van der Waals surface area contributed by atoms with Gasteiger partial charge in [0.1, 0.15) is 6.67 Å². The van der Waals surface area contributed by atoms with Gasteiger partial charge in [-0.25, -0.2) is 13.2 Å². The molecule has 0 spiro atoms. The summed E-state index contributed by atoms with van der Waals surface area (Å²) in [7, 11) is -3.53. The molecule has 0 bridgehead atoms. The summed E-state index contributed by atoms with van der Waals surface area (Å²) < 4.78 is 33.9. The summed E-state index contributed by atoms with van der Waals surface area (Å²) >= 11 is 1.45. The number of hydrogen-bond donors (Lipinski definition) is 0. The standard InChI is InChI=1S/C20H24N4O4S2/c1-15(2)16-5-7-17(8-6-16)30(26,27)23-11-9-22(10-12-23)14-24-20(25)28-19(21-24)18-4-3-13-29-18/h3-8,13,15H,9-12,14H2,1-2H3. The van der Waals surface area contributed by atoms with Crippen LogP contribution in [0.15, 0.2) is 55.9 Å². The highest BCUT2D eigenvalue weighted by Crippen LogP contribution is 2.22. The summed E-state index contributed by atoms with van der Waals surface area (Å²) in [6.07, 6.45) is 0. The van der Waals surface area contributed by atoms with Crippen LogP contribution in [0.3, 0.4) is 0 Å². The van der Waals surface area contributed by atoms with Gasteiger partial charge in [0.15, 0.2) is 0 Å². The molecule has 0 atom stereocenters. The maximum Gasteiger partial charge on any atom is 0.438 e. The summed E-state index contributed by atoms with van der Waals surface area (Å²) in [4.78, 5) is 15.2. The first-order valence-electron chi connectivity index (χ1n) is 9.79. The third-order valence-electron chi connectivity index (χ3n) is 5.19. The molecule has 1 aliphatic heterocycles. The summed E-state index contributed by atoms with van der Waals surface area (Å²) in [6.45, 7) is 6.16. The number of piperazine rings is 1. The Morgan fingerprint density at radius 2 is 1.80 bits per heavy atom. The van der Waals surface area contributed by atoms with E-state index in [1.165, 1.54) is 20.3 Å². The molecule has 3 heterocycles. The zero-order valence-corrected chi connectivity index (χ0v) is 18.5. The lowest BCUT2D eigenvalue weighted by Crippen LogP contribution is -2.49. The van der Waals surface area contributed by atoms with Crippen LogP contribution in [0.5, 0.6) is 0 Å². The molecule has 0 amide bonds. The van der Waals surface area contributed by atoms with Crippen molar-refractivity contribution in [2.75, 3.05) is 26.2 Å². The first-order chi connectivity index (χ1) is 14.3. The van der Waals surface area contributed by atoms with Crippen molar-refractivity contribution >= 4 is 21.4 Å². The fourth-order valence-electron chi connectivity index (χ4n) is 3.37. The van der Waals surface area contributed by atoms with Crippen molar-refractivity contribution in [3.63, 3.8) is 0 Å². The Hall–Kier alpha value is -2.27. The number of thiophene rings is 1. The Bertz CT molecular complexity index is 1140. The van der Waals surface area contributed by atoms with Gasteiger partial charge in [0.2, 0.25) is 10.0 Å². The van der Waals surface area contributed by atoms with Crippen LogP contribution in [0.4, 0.5) is 0 Å². The van der Waals surface area contributed by atoms with Crippen LogP contribution in [-0.4, -0.2) is 53.6 Å². The molecule has 30 heavy (non-hydrogen) atoms. The summed E-state index contributed by atoms with van der Waals surface area (Å²) in [5.41, 5.74) is 1.11. The quantitative estimate of drug-likeness (QED) is 0.576. The van der Waals surface area contributed by atoms with Crippen LogP contribution in [0.2, 0.25) is 0 Å². The summed E-state index contributed by atoms with van der Waals surface area (Å²) in [5, 5.41) is 6.15. The number of benzene rings is 1. The van der Waals surface area contributed by atoms with Crippen LogP contribution in [0.25, 0.3) is 10.8 Å². The molecule has 2 aromatic heterocycles. The maximum absolute atomic E-state index is 12.9. The second-order valence-electron chi connectivity index (χ2n) is 7.54. The van der Waals surface area contributed by atoms with E-state index in [9.17, 15) is 13.2 Å². The molecule has 0 saturated carbocycles. The van der Waals surface area contributed by atoms with E-state index in [0.717, 1.165) is 10.4 Å². The molecule has 0 N–H and O–H groups in total. The fraction of sp³-hybridized carbons (Fsp3) is 0.400. The van der Waals surface area contributed by atoms with Crippen molar-refractivity contribution in [1.82, 2.24) is 19.0 Å². The third-order valence-corrected chi connectivity index (χ3v) is 7.96. The zero-order valence-electron chi connectivity index (χ0n) is 16.9. The van der Waals surface area contributed by atoms with Crippen LogP contribution < -0.4 is 5.76 Å². The van der Waals surface area contributed by atoms with Gasteiger partial charge in [-0.1, -0.05) is 32.0 Å². The molecule has 3 aromatic rings. The molecular formula is C20H24N4O4S2. The molecule has 0 aliphatic carbocycles. The number of hydrogen-bond acceptors (Lipinski definition) is 7. The topological polar surface area (TPSA) is 88.7 Å². The van der Waals surface area contributed by atoms with Gasteiger partial charge in [0.25, 0.3) is 5.89 Å². The molecular weight excluding hydrogens is 424 g/mol. The lowest BCUT2D eigenvalue weighted by molar-refractivity contribution is 0.142. The second-order valence-corrected chi connectivity index (χ2v) is 10.4. The van der Waals surface area contributed by atoms with Gasteiger partial charge in [0, 0.05) is 26.2 Å². The highest BCUT2D eigenvalue weighted by atomic mass is 32.2. The van der Waals surface area contributed by atoms with Crippen LogP contribution in [0.1, 0.15) is 25.3 Å². The maximum atomic E-state index is 12.9. The number of aromatic nitrogens is 2. The van der Waals surface area contributed by atoms with E-state index in [1.54, 1.807) is 12.1 Å². The largest absolute Gasteiger partial charge is 0.438 e. The van der Waals surface area contributed by atoms with Crippen molar-refractivity contribution in [2.24, 2.45) is 0 Å². The average Bonchev–Trinajstić information content (AvgIpc) is 3.39. The predicted molar refractivity (Wildman–Crippen MR) is 115 cm³/mol. The number of nitrogens with zero attached hydrogens (tertiary/aromatic N) is 4. The van der Waals surface area contributed by atoms with Crippen molar-refractivity contribution in [1.29, 1.82) is 0 Å². The highest BCUT2D eigenvalue weighted by molar-refractivity contribution is 7.89. The smallest absolute Gasteiger partial charge is 0.387 e. The Morgan fingerprint density at radius 3 is 2.40 bits per heavy atom. The minimum atomic E-state index is -3.53. The molecule has 0 unspecified atom stereocenters. The summed E-state index contributed by atoms with van der Waals surface area (Å²) in [5.74, 6) is 0.144. The van der Waals surface area contributed by atoms with Crippen LogP contribution >= 0.6 is 11.3 Å². The van der Waals surface area contributed by atoms with Gasteiger partial charge >= 0.3 is 5.76 Å². The molecule has 1 fully saturated rings. The molecule has 8 nitrogen and oxygen atoms in total. The Balaban J connectivity index is 1.40. The van der Waals surface area contributed by atoms with E-state index >= 15 is 0 Å². The Labute approximate surface area is 179 Å². The van der Waals surface area contributed by atoms with E-state index in [-0.39, 0.29) is 6.67 Å². The van der Waals surface area contributed by atoms with Gasteiger partial charge in [-0.3, -0.25) is 4.90 Å². The van der Waals surface area contributed by atoms with Crippen LogP contribution in [0, 0.1) is 0 Å². The lowest BCUT2D eigenvalue weighted by atomic mass is 10.0. The first kappa shape index (κ1) is 21.0. The first-order valence-corrected chi connectivity index (χ1v) is 12.1. The van der Waals surface area contributed by atoms with E-state index < -0.39 is 15.8 Å². The zero-order chi connectivity index (χ0) is 21.3. The van der Waals surface area contributed by atoms with Crippen molar-refractivity contribution in [3.8, 4) is 10.8 Å². The van der Waals surface area contributed by atoms with Gasteiger partial charge in [-0.05, 0) is 35.1 Å². The highest BCUT2D eigenvalue weighted by Gasteiger charge is 2.29. The van der Waals surface area contributed by atoms with E-state index in [0.29, 0.717) is 42.9 Å². The average molecular weight is 449 g/mol. The van der Waals surface area contributed by atoms with Crippen molar-refractivity contribution in [2.45, 2.75) is 31.3 Å². The van der Waals surface area contributed by atoms with Gasteiger partial charge in [0.05, 0.1) is 9.77 Å². The monoisotopic (exact) mass is 448 g/mol. The number of sulfonamides is 1. The summed E-state index contributed by atoms with van der Waals surface area (Å²) in [6, 6.07) is 10.8. The van der Waals surface area contributed by atoms with Gasteiger partial charge in [-0.15, -0.1) is 16.4 Å². The normalized spacial score (nSPS) is 16.4. The predicted octanol–water partition coefficient (Wildman–Crippen LogP) is 2.65. The van der Waals surface area contributed by atoms with E-state index in [4.69, 9.17) is 4.42 Å². The molecule has 1 aliphatic rings. The molecule has 160 valence electrons. The number of rotatable bonds is 6. The van der Waals surface area contributed by atoms with Gasteiger partial charge < -0.3 is 4.42 Å². The minimum Gasteiger partial charge on any atom is -0.387 e. The van der Waals surface area contributed by atoms with E-state index in [2.05, 4.69) is 18.9 Å². The lowest BCUT2D eigenvalue weighted by Gasteiger charge is -2.33. The van der Waals surface area contributed by atoms with Crippen LogP contribution in [-0.2, 0) is 16.7 Å². The Morgan fingerprint density at radius 1 is 1.10 bits per heavy atom. The minimum absolute atomic E-state index is 0.269. The molecule has 1 aromatic carbocycles. The molecule has 1 saturated heterocycles. The second kappa shape index (κ2) is 8.46. The third kappa shape index (κ3) is 4.27. The van der Waals surface area contributed by atoms with Crippen molar-refractivity contribution in [3.05, 3.63) is 57.9 Å². The fourth-order valence-corrected chi connectivity index (χ4v) is 5.44. The SMILES string of the molecule is CC(C)c1ccc(S(=O)(=O)N2CCN(Cn3nc(-c4cccs4)oc3=O)CC2)cc1. The molecule has 0 radical (unpaired) electrons.